The molecule has 2 aliphatic heterocycles. The zero-order valence-electron chi connectivity index (χ0n) is 22.9. The summed E-state index contributed by atoms with van der Waals surface area (Å²) in [5, 5.41) is 8.98. The highest BCUT2D eigenvalue weighted by Gasteiger charge is 2.54. The summed E-state index contributed by atoms with van der Waals surface area (Å²) in [4.78, 5) is 43.8. The summed E-state index contributed by atoms with van der Waals surface area (Å²) in [5.41, 5.74) is 0. The van der Waals surface area contributed by atoms with Crippen LogP contribution in [0.25, 0.3) is 0 Å². The lowest BCUT2D eigenvalue weighted by Gasteiger charge is -2.36. The van der Waals surface area contributed by atoms with Crippen LogP contribution in [-0.2, 0) is 9.59 Å². The molecule has 210 valence electrons. The van der Waals surface area contributed by atoms with Gasteiger partial charge in [-0.1, -0.05) is 19.3 Å². The topological polar surface area (TPSA) is 103 Å². The second-order valence-electron chi connectivity index (χ2n) is 11.1. The van der Waals surface area contributed by atoms with Crippen molar-refractivity contribution in [3.63, 3.8) is 0 Å². The van der Waals surface area contributed by atoms with Crippen LogP contribution in [0.4, 0.5) is 9.18 Å². The number of benzene rings is 1. The number of ether oxygens (including phenoxy) is 1. The molecule has 3 aliphatic rings. The number of nitrogens with one attached hydrogen (secondary N) is 3. The number of nitrogens with zero attached hydrogens (tertiary/aromatic N) is 2. The number of urea groups is 1. The molecule has 3 N–H and O–H groups in total. The molecule has 4 amide bonds. The molecular weight excluding hydrogens is 489 g/mol. The fraction of sp³-hybridized carbons (Fsp3) is 0.679. The van der Waals surface area contributed by atoms with Crippen molar-refractivity contribution in [2.75, 3.05) is 20.1 Å². The molecule has 9 nitrogen and oxygen atoms in total. The number of likely N-dealkylation sites (N-methyl/N-ethyl adjacent to an activating group) is 1. The van der Waals surface area contributed by atoms with Gasteiger partial charge >= 0.3 is 6.03 Å². The van der Waals surface area contributed by atoms with Gasteiger partial charge in [-0.25, -0.2) is 9.18 Å². The number of halogens is 1. The Hall–Kier alpha value is -2.88. The molecule has 0 bridgehead atoms. The molecular formula is C28H42FN5O4. The van der Waals surface area contributed by atoms with Crippen molar-refractivity contribution in [3.8, 4) is 5.75 Å². The maximum Gasteiger partial charge on any atom is 0.318 e. The standard InChI is InChI=1S/C28H42FN5O4/c1-17(2)31-28(37)34-16-23(38-21-12-10-20(29)11-13-21)25-22(34)14-15-33(25)27(36)24(19-8-6-5-7-9-19)32-26(35)18(3)30-4/h10-13,17-19,22-25,30H,5-9,14-16H2,1-4H3,(H,31,37)(H,32,35)/t18-,22+,23-,24-,25-/m0/s1. The lowest BCUT2D eigenvalue weighted by Crippen LogP contribution is -2.58. The Morgan fingerprint density at radius 2 is 1.66 bits per heavy atom. The molecule has 4 rings (SSSR count). The normalized spacial score (nSPS) is 25.2. The van der Waals surface area contributed by atoms with Crippen LogP contribution in [0.5, 0.6) is 5.75 Å². The Morgan fingerprint density at radius 1 is 0.974 bits per heavy atom. The van der Waals surface area contributed by atoms with Gasteiger partial charge in [-0.15, -0.1) is 0 Å². The summed E-state index contributed by atoms with van der Waals surface area (Å²) >= 11 is 0. The van der Waals surface area contributed by atoms with Gasteiger partial charge in [-0.3, -0.25) is 9.59 Å². The third kappa shape index (κ3) is 6.22. The Balaban J connectivity index is 1.60. The second-order valence-corrected chi connectivity index (χ2v) is 11.1. The minimum atomic E-state index is -0.623. The van der Waals surface area contributed by atoms with Crippen LogP contribution >= 0.6 is 0 Å². The number of amides is 4. The predicted molar refractivity (Wildman–Crippen MR) is 142 cm³/mol. The molecule has 2 saturated heterocycles. The predicted octanol–water partition coefficient (Wildman–Crippen LogP) is 2.65. The highest BCUT2D eigenvalue weighted by atomic mass is 19.1. The van der Waals surface area contributed by atoms with Crippen LogP contribution in [-0.4, -0.2) is 84.1 Å². The zero-order chi connectivity index (χ0) is 27.4. The van der Waals surface area contributed by atoms with E-state index in [0.29, 0.717) is 25.3 Å². The molecule has 10 heteroatoms. The lowest BCUT2D eigenvalue weighted by molar-refractivity contribution is -0.140. The van der Waals surface area contributed by atoms with E-state index in [-0.39, 0.29) is 47.7 Å². The van der Waals surface area contributed by atoms with Crippen LogP contribution in [0.1, 0.15) is 59.3 Å². The van der Waals surface area contributed by atoms with Crippen molar-refractivity contribution >= 4 is 17.8 Å². The Bertz CT molecular complexity index is 984. The van der Waals surface area contributed by atoms with E-state index in [4.69, 9.17) is 4.74 Å². The molecule has 3 fully saturated rings. The Labute approximate surface area is 224 Å². The Morgan fingerprint density at radius 3 is 2.29 bits per heavy atom. The van der Waals surface area contributed by atoms with Gasteiger partial charge in [-0.05, 0) is 77.3 Å². The molecule has 0 spiro atoms. The quantitative estimate of drug-likeness (QED) is 0.479. The zero-order valence-corrected chi connectivity index (χ0v) is 22.9. The van der Waals surface area contributed by atoms with Gasteiger partial charge in [0.2, 0.25) is 11.8 Å². The average Bonchev–Trinajstić information content (AvgIpc) is 3.49. The van der Waals surface area contributed by atoms with Gasteiger partial charge in [0, 0.05) is 12.6 Å². The van der Waals surface area contributed by atoms with Crippen molar-refractivity contribution in [2.24, 2.45) is 5.92 Å². The molecule has 5 atom stereocenters. The SMILES string of the molecule is CN[C@@H](C)C(=O)N[C@H](C(=O)N1CC[C@@H]2[C@H]1[C@@H](Oc1ccc(F)cc1)CN2C(=O)NC(C)C)C1CCCCC1. The first-order valence-electron chi connectivity index (χ1n) is 14.0. The van der Waals surface area contributed by atoms with E-state index in [9.17, 15) is 18.8 Å². The van der Waals surface area contributed by atoms with E-state index in [2.05, 4.69) is 16.0 Å². The number of carbonyl (C=O) groups is 3. The maximum atomic E-state index is 14.2. The smallest absolute Gasteiger partial charge is 0.318 e. The van der Waals surface area contributed by atoms with Gasteiger partial charge in [0.25, 0.3) is 0 Å². The van der Waals surface area contributed by atoms with Gasteiger partial charge < -0.3 is 30.5 Å². The summed E-state index contributed by atoms with van der Waals surface area (Å²) in [7, 11) is 1.72. The number of hydrogen-bond donors (Lipinski definition) is 3. The molecule has 1 aliphatic carbocycles. The molecule has 38 heavy (non-hydrogen) atoms. The van der Waals surface area contributed by atoms with E-state index >= 15 is 0 Å². The summed E-state index contributed by atoms with van der Waals surface area (Å²) in [6.45, 7) is 6.38. The highest BCUT2D eigenvalue weighted by Crippen LogP contribution is 2.36. The van der Waals surface area contributed by atoms with Crippen molar-refractivity contribution in [3.05, 3.63) is 30.1 Å². The van der Waals surface area contributed by atoms with Crippen LogP contribution in [0.15, 0.2) is 24.3 Å². The first kappa shape index (κ1) is 28.1. The van der Waals surface area contributed by atoms with Crippen molar-refractivity contribution in [2.45, 2.75) is 95.6 Å². The molecule has 0 radical (unpaired) electrons. The summed E-state index contributed by atoms with van der Waals surface area (Å²) in [6.07, 6.45) is 5.16. The first-order chi connectivity index (χ1) is 18.2. The molecule has 0 aromatic heterocycles. The minimum Gasteiger partial charge on any atom is -0.486 e. The number of carbonyl (C=O) groups excluding carboxylic acids is 3. The molecule has 1 saturated carbocycles. The van der Waals surface area contributed by atoms with Crippen LogP contribution in [0.2, 0.25) is 0 Å². The molecule has 1 aromatic rings. The molecule has 0 unspecified atom stereocenters. The van der Waals surface area contributed by atoms with Gasteiger partial charge in [0.1, 0.15) is 23.7 Å². The Kier molecular flexibility index (Phi) is 9.12. The highest BCUT2D eigenvalue weighted by molar-refractivity contribution is 5.90. The van der Waals surface area contributed by atoms with Crippen LogP contribution in [0, 0.1) is 11.7 Å². The number of hydrogen-bond acceptors (Lipinski definition) is 5. The summed E-state index contributed by atoms with van der Waals surface area (Å²) in [5.74, 6) is -0.114. The third-order valence-electron chi connectivity index (χ3n) is 8.15. The first-order valence-corrected chi connectivity index (χ1v) is 14.0. The maximum absolute atomic E-state index is 14.2. The fourth-order valence-corrected chi connectivity index (χ4v) is 6.08. The third-order valence-corrected chi connectivity index (χ3v) is 8.15. The number of fused-ring (bicyclic) bond motifs is 1. The minimum absolute atomic E-state index is 0.0304. The van der Waals surface area contributed by atoms with Gasteiger partial charge in [0.05, 0.1) is 24.7 Å². The van der Waals surface area contributed by atoms with Gasteiger partial charge in [0.15, 0.2) is 0 Å². The molecule has 2 heterocycles. The van der Waals surface area contributed by atoms with Crippen molar-refractivity contribution in [1.29, 1.82) is 0 Å². The van der Waals surface area contributed by atoms with E-state index < -0.39 is 18.2 Å². The van der Waals surface area contributed by atoms with Crippen molar-refractivity contribution < 1.29 is 23.5 Å². The van der Waals surface area contributed by atoms with Crippen molar-refractivity contribution in [1.82, 2.24) is 25.8 Å². The molecule has 1 aromatic carbocycles. The fourth-order valence-electron chi connectivity index (χ4n) is 6.08. The van der Waals surface area contributed by atoms with E-state index in [0.717, 1.165) is 32.1 Å². The van der Waals surface area contributed by atoms with Crippen LogP contribution < -0.4 is 20.7 Å². The van der Waals surface area contributed by atoms with E-state index in [1.807, 2.05) is 18.7 Å². The number of likely N-dealkylation sites (tertiary alicyclic amines) is 2. The largest absolute Gasteiger partial charge is 0.486 e. The average molecular weight is 532 g/mol. The number of rotatable bonds is 8. The lowest BCUT2D eigenvalue weighted by atomic mass is 9.83. The van der Waals surface area contributed by atoms with Crippen LogP contribution in [0.3, 0.4) is 0 Å². The van der Waals surface area contributed by atoms with Gasteiger partial charge in [-0.2, -0.15) is 0 Å². The summed E-state index contributed by atoms with van der Waals surface area (Å²) in [6, 6.07) is 3.96. The second kappa shape index (κ2) is 12.3. The monoisotopic (exact) mass is 531 g/mol. The van der Waals surface area contributed by atoms with E-state index in [1.54, 1.807) is 31.0 Å². The van der Waals surface area contributed by atoms with E-state index in [1.165, 1.54) is 12.1 Å². The summed E-state index contributed by atoms with van der Waals surface area (Å²) < 4.78 is 19.8.